The Morgan fingerprint density at radius 3 is 2.52 bits per heavy atom. The number of carbonyl (C=O) groups is 3. The second-order valence-corrected chi connectivity index (χ2v) is 10.8. The molecule has 174 valence electrons. The third kappa shape index (κ3) is 3.26. The van der Waals surface area contributed by atoms with Crippen LogP contribution in [0.25, 0.3) is 0 Å². The quantitative estimate of drug-likeness (QED) is 0.682. The van der Waals surface area contributed by atoms with Gasteiger partial charge in [-0.15, -0.1) is 11.8 Å². The molecule has 1 unspecified atom stereocenters. The highest BCUT2D eigenvalue weighted by Crippen LogP contribution is 2.61. The Kier molecular flexibility index (Phi) is 5.61. The summed E-state index contributed by atoms with van der Waals surface area (Å²) in [5.41, 5.74) is 0.798. The fraction of sp³-hybridized carbons (Fsp3) is 0.480. The molecule has 4 heterocycles. The molecule has 2 saturated heterocycles. The molecule has 8 heteroatoms. The van der Waals surface area contributed by atoms with E-state index in [0.29, 0.717) is 13.1 Å². The molecule has 7 nitrogen and oxygen atoms in total. The molecule has 5 atom stereocenters. The zero-order valence-electron chi connectivity index (χ0n) is 18.8. The zero-order valence-corrected chi connectivity index (χ0v) is 19.6. The number of amides is 3. The van der Waals surface area contributed by atoms with Crippen LogP contribution in [0.4, 0.5) is 5.69 Å². The SMILES string of the molecule is CC(C)N1CC=C[C@]23S[C@H]4C=CCN(c5ccccc5)C(=O)[C@H]4[C@H]2C(=O)N(CCO)C3C1=O. The van der Waals surface area contributed by atoms with Crippen molar-refractivity contribution in [3.05, 3.63) is 54.6 Å². The number of aliphatic hydroxyl groups is 1. The molecule has 1 N–H and O–H groups in total. The van der Waals surface area contributed by atoms with Crippen molar-refractivity contribution in [3.8, 4) is 0 Å². The molecule has 0 bridgehead atoms. The molecule has 2 fully saturated rings. The van der Waals surface area contributed by atoms with E-state index in [1.165, 1.54) is 4.90 Å². The van der Waals surface area contributed by atoms with Gasteiger partial charge in [0.1, 0.15) is 6.04 Å². The Bertz CT molecular complexity index is 1030. The maximum atomic E-state index is 13.9. The summed E-state index contributed by atoms with van der Waals surface area (Å²) >= 11 is 1.56. The molecule has 5 rings (SSSR count). The Hall–Kier alpha value is -2.58. The summed E-state index contributed by atoms with van der Waals surface area (Å²) in [4.78, 5) is 46.6. The van der Waals surface area contributed by atoms with Crippen LogP contribution in [0, 0.1) is 11.8 Å². The first kappa shape index (κ1) is 22.2. The Morgan fingerprint density at radius 2 is 1.82 bits per heavy atom. The third-order valence-corrected chi connectivity index (χ3v) is 8.97. The van der Waals surface area contributed by atoms with Crippen molar-refractivity contribution in [1.82, 2.24) is 9.80 Å². The minimum absolute atomic E-state index is 0.0191. The van der Waals surface area contributed by atoms with Gasteiger partial charge in [0, 0.05) is 36.6 Å². The van der Waals surface area contributed by atoms with E-state index in [2.05, 4.69) is 0 Å². The smallest absolute Gasteiger partial charge is 0.247 e. The van der Waals surface area contributed by atoms with Gasteiger partial charge in [0.15, 0.2) is 0 Å². The van der Waals surface area contributed by atoms with E-state index in [1.54, 1.807) is 21.6 Å². The van der Waals surface area contributed by atoms with Crippen molar-refractivity contribution < 1.29 is 19.5 Å². The summed E-state index contributed by atoms with van der Waals surface area (Å²) in [5, 5.41) is 9.52. The van der Waals surface area contributed by atoms with Crippen molar-refractivity contribution in [3.63, 3.8) is 0 Å². The maximum Gasteiger partial charge on any atom is 0.247 e. The predicted octanol–water partition coefficient (Wildman–Crippen LogP) is 1.69. The largest absolute Gasteiger partial charge is 0.395 e. The average Bonchev–Trinajstić information content (AvgIpc) is 3.09. The van der Waals surface area contributed by atoms with Gasteiger partial charge in [0.25, 0.3) is 0 Å². The minimum Gasteiger partial charge on any atom is -0.395 e. The van der Waals surface area contributed by atoms with Crippen LogP contribution in [0.1, 0.15) is 13.8 Å². The van der Waals surface area contributed by atoms with Gasteiger partial charge in [-0.1, -0.05) is 42.5 Å². The lowest BCUT2D eigenvalue weighted by Gasteiger charge is -2.36. The van der Waals surface area contributed by atoms with Gasteiger partial charge in [0.2, 0.25) is 17.7 Å². The van der Waals surface area contributed by atoms with Crippen molar-refractivity contribution in [2.45, 2.75) is 35.9 Å². The summed E-state index contributed by atoms with van der Waals surface area (Å²) < 4.78 is -0.831. The van der Waals surface area contributed by atoms with Crippen molar-refractivity contribution in [1.29, 1.82) is 0 Å². The number of likely N-dealkylation sites (tertiary alicyclic amines) is 1. The number of hydrogen-bond acceptors (Lipinski definition) is 5. The number of benzene rings is 1. The van der Waals surface area contributed by atoms with E-state index in [1.807, 2.05) is 68.5 Å². The second-order valence-electron chi connectivity index (χ2n) is 9.30. The minimum atomic E-state index is -0.831. The fourth-order valence-electron chi connectivity index (χ4n) is 5.81. The third-order valence-electron chi connectivity index (χ3n) is 7.22. The van der Waals surface area contributed by atoms with Gasteiger partial charge in [-0.25, -0.2) is 0 Å². The Labute approximate surface area is 198 Å². The van der Waals surface area contributed by atoms with Crippen LogP contribution in [-0.2, 0) is 14.4 Å². The predicted molar refractivity (Wildman–Crippen MR) is 128 cm³/mol. The number of nitrogens with zero attached hydrogens (tertiary/aromatic N) is 3. The fourth-order valence-corrected chi connectivity index (χ4v) is 7.81. The van der Waals surface area contributed by atoms with E-state index in [0.717, 1.165) is 5.69 Å². The number of anilines is 1. The highest BCUT2D eigenvalue weighted by molar-refractivity contribution is 8.02. The van der Waals surface area contributed by atoms with Gasteiger partial charge in [0.05, 0.1) is 23.2 Å². The van der Waals surface area contributed by atoms with E-state index in [-0.39, 0.29) is 42.2 Å². The van der Waals surface area contributed by atoms with E-state index in [4.69, 9.17) is 0 Å². The first-order valence-electron chi connectivity index (χ1n) is 11.5. The monoisotopic (exact) mass is 467 g/mol. The van der Waals surface area contributed by atoms with Crippen molar-refractivity contribution >= 4 is 35.2 Å². The van der Waals surface area contributed by atoms with Gasteiger partial charge in [-0.05, 0) is 26.0 Å². The zero-order chi connectivity index (χ0) is 23.3. The van der Waals surface area contributed by atoms with Crippen LogP contribution in [-0.4, -0.2) is 80.9 Å². The normalized spacial score (nSPS) is 33.3. The molecule has 1 aromatic carbocycles. The summed E-state index contributed by atoms with van der Waals surface area (Å²) in [5.74, 6) is -1.64. The summed E-state index contributed by atoms with van der Waals surface area (Å²) in [6.07, 6.45) is 8.01. The number of thioether (sulfide) groups is 1. The molecular weight excluding hydrogens is 438 g/mol. The second kappa shape index (κ2) is 8.33. The summed E-state index contributed by atoms with van der Waals surface area (Å²) in [7, 11) is 0. The molecule has 1 aromatic rings. The van der Waals surface area contributed by atoms with Gasteiger partial charge < -0.3 is 19.8 Å². The number of hydrogen-bond donors (Lipinski definition) is 1. The van der Waals surface area contributed by atoms with Gasteiger partial charge in [-0.2, -0.15) is 0 Å². The number of para-hydroxylation sites is 1. The lowest BCUT2D eigenvalue weighted by Crippen LogP contribution is -2.54. The van der Waals surface area contributed by atoms with E-state index < -0.39 is 22.6 Å². The molecule has 33 heavy (non-hydrogen) atoms. The highest BCUT2D eigenvalue weighted by Gasteiger charge is 2.71. The molecule has 0 radical (unpaired) electrons. The molecule has 3 amide bonds. The summed E-state index contributed by atoms with van der Waals surface area (Å²) in [6.45, 7) is 4.70. The Morgan fingerprint density at radius 1 is 1.06 bits per heavy atom. The molecule has 0 aliphatic carbocycles. The molecule has 0 saturated carbocycles. The number of rotatable bonds is 4. The average molecular weight is 468 g/mol. The van der Waals surface area contributed by atoms with Crippen LogP contribution in [0.2, 0.25) is 0 Å². The lowest BCUT2D eigenvalue weighted by atomic mass is 9.78. The number of carbonyl (C=O) groups excluding carboxylic acids is 3. The van der Waals surface area contributed by atoms with Gasteiger partial charge >= 0.3 is 0 Å². The number of β-amino-alcohol motifs (C(OH)–C–C–N with tert-alkyl or cyclic N) is 1. The van der Waals surface area contributed by atoms with Crippen LogP contribution in [0.3, 0.4) is 0 Å². The van der Waals surface area contributed by atoms with Crippen molar-refractivity contribution in [2.75, 3.05) is 31.1 Å². The molecule has 4 aliphatic rings. The first-order chi connectivity index (χ1) is 15.9. The number of aliphatic hydroxyl groups excluding tert-OH is 1. The molecule has 1 spiro atoms. The highest BCUT2D eigenvalue weighted by atomic mass is 32.2. The standard InChI is InChI=1S/C25H29N3O4S/c1-16(2)26-13-7-11-25-20(23(31)28(14-15-29)21(25)24(26)32)19-18(33-25)10-6-12-27(22(19)30)17-8-4-3-5-9-17/h3-11,16,18-21,29H,12-15H2,1-2H3/t18-,19+,20-,21?,25-/m0/s1. The van der Waals surface area contributed by atoms with Gasteiger partial charge in [-0.3, -0.25) is 14.4 Å². The van der Waals surface area contributed by atoms with Crippen LogP contribution in [0.15, 0.2) is 54.6 Å². The maximum absolute atomic E-state index is 13.9. The first-order valence-corrected chi connectivity index (χ1v) is 12.4. The topological polar surface area (TPSA) is 81.2 Å². The molecule has 4 aliphatic heterocycles. The van der Waals surface area contributed by atoms with E-state index in [9.17, 15) is 19.5 Å². The van der Waals surface area contributed by atoms with E-state index >= 15 is 0 Å². The molecule has 0 aromatic heterocycles. The summed E-state index contributed by atoms with van der Waals surface area (Å²) in [6, 6.07) is 8.75. The molecular formula is C25H29N3O4S. The lowest BCUT2D eigenvalue weighted by molar-refractivity contribution is -0.143. The van der Waals surface area contributed by atoms with Crippen LogP contribution >= 0.6 is 11.8 Å². The Balaban J connectivity index is 1.61. The number of fused-ring (bicyclic) bond motifs is 2. The van der Waals surface area contributed by atoms with Crippen LogP contribution < -0.4 is 4.90 Å². The van der Waals surface area contributed by atoms with Crippen molar-refractivity contribution in [2.24, 2.45) is 11.8 Å². The van der Waals surface area contributed by atoms with Crippen LogP contribution in [0.5, 0.6) is 0 Å².